The van der Waals surface area contributed by atoms with E-state index in [1.165, 1.54) is 0 Å². The second-order valence-electron chi connectivity index (χ2n) is 3.83. The number of aldehydes is 1. The smallest absolute Gasteiger partial charge is 0.145 e. The van der Waals surface area contributed by atoms with Crippen molar-refractivity contribution in [2.24, 2.45) is 5.92 Å². The van der Waals surface area contributed by atoms with E-state index in [0.29, 0.717) is 13.0 Å². The predicted octanol–water partition coefficient (Wildman–Crippen LogP) is 0.0647. The number of alkyl halides is 1. The molecule has 2 atom stereocenters. The minimum Gasteiger partial charge on any atom is -0.317 e. The third-order valence-corrected chi connectivity index (χ3v) is 2.65. The quantitative estimate of drug-likeness (QED) is 0.636. The zero-order valence-corrected chi connectivity index (χ0v) is 8.22. The van der Waals surface area contributed by atoms with Gasteiger partial charge < -0.3 is 15.0 Å². The van der Waals surface area contributed by atoms with Gasteiger partial charge in [-0.05, 0) is 27.1 Å². The summed E-state index contributed by atoms with van der Waals surface area (Å²) in [5.41, 5.74) is -1.39. The molecule has 1 aliphatic heterocycles. The molecule has 0 aromatic heterocycles. The van der Waals surface area contributed by atoms with Gasteiger partial charge in [-0.2, -0.15) is 0 Å². The fourth-order valence-electron chi connectivity index (χ4n) is 1.93. The van der Waals surface area contributed by atoms with Crippen LogP contribution < -0.4 is 5.32 Å². The maximum Gasteiger partial charge on any atom is 0.145 e. The Labute approximate surface area is 78.3 Å². The molecule has 0 bridgehead atoms. The highest BCUT2D eigenvalue weighted by molar-refractivity contribution is 5.56. The monoisotopic (exact) mass is 188 g/mol. The molecule has 1 fully saturated rings. The van der Waals surface area contributed by atoms with Crippen LogP contribution in [-0.2, 0) is 4.79 Å². The van der Waals surface area contributed by atoms with Gasteiger partial charge >= 0.3 is 0 Å². The SMILES string of the molecule is CNC[C@@]1(F)CN(C)CC[C@H]1C=O. The normalized spacial score (nSPS) is 36.1. The van der Waals surface area contributed by atoms with Crippen molar-refractivity contribution in [2.75, 3.05) is 33.7 Å². The first-order chi connectivity index (χ1) is 6.12. The number of piperidine rings is 1. The fraction of sp³-hybridized carbons (Fsp3) is 0.889. The van der Waals surface area contributed by atoms with Crippen molar-refractivity contribution < 1.29 is 9.18 Å². The summed E-state index contributed by atoms with van der Waals surface area (Å²) in [5.74, 6) is -0.448. The van der Waals surface area contributed by atoms with E-state index < -0.39 is 11.6 Å². The highest BCUT2D eigenvalue weighted by atomic mass is 19.1. The number of rotatable bonds is 3. The van der Waals surface area contributed by atoms with Gasteiger partial charge in [0.25, 0.3) is 0 Å². The Kier molecular flexibility index (Phi) is 3.39. The van der Waals surface area contributed by atoms with Crippen LogP contribution in [0.3, 0.4) is 0 Å². The molecule has 0 aromatic rings. The first-order valence-electron chi connectivity index (χ1n) is 4.60. The van der Waals surface area contributed by atoms with Crippen molar-refractivity contribution in [1.82, 2.24) is 10.2 Å². The summed E-state index contributed by atoms with van der Waals surface area (Å²) >= 11 is 0. The molecule has 76 valence electrons. The zero-order chi connectivity index (χ0) is 9.90. The summed E-state index contributed by atoms with van der Waals surface area (Å²) < 4.78 is 14.2. The molecule has 13 heavy (non-hydrogen) atoms. The van der Waals surface area contributed by atoms with Gasteiger partial charge in [-0.25, -0.2) is 4.39 Å². The largest absolute Gasteiger partial charge is 0.317 e. The van der Waals surface area contributed by atoms with E-state index in [0.717, 1.165) is 12.8 Å². The van der Waals surface area contributed by atoms with Crippen LogP contribution in [-0.4, -0.2) is 50.6 Å². The topological polar surface area (TPSA) is 32.3 Å². The van der Waals surface area contributed by atoms with Crippen molar-refractivity contribution in [1.29, 1.82) is 0 Å². The van der Waals surface area contributed by atoms with Crippen LogP contribution in [0.5, 0.6) is 0 Å². The van der Waals surface area contributed by atoms with Crippen LogP contribution >= 0.6 is 0 Å². The van der Waals surface area contributed by atoms with Crippen molar-refractivity contribution in [3.63, 3.8) is 0 Å². The average molecular weight is 188 g/mol. The maximum absolute atomic E-state index is 14.2. The van der Waals surface area contributed by atoms with E-state index in [2.05, 4.69) is 5.32 Å². The predicted molar refractivity (Wildman–Crippen MR) is 49.4 cm³/mol. The van der Waals surface area contributed by atoms with Gasteiger partial charge in [0.05, 0.1) is 5.92 Å². The van der Waals surface area contributed by atoms with Crippen LogP contribution in [0.1, 0.15) is 6.42 Å². The lowest BCUT2D eigenvalue weighted by Crippen LogP contribution is -2.55. The second-order valence-corrected chi connectivity index (χ2v) is 3.83. The first kappa shape index (κ1) is 10.6. The number of nitrogens with one attached hydrogen (secondary N) is 1. The summed E-state index contributed by atoms with van der Waals surface area (Å²) in [4.78, 5) is 12.6. The molecule has 3 nitrogen and oxygen atoms in total. The van der Waals surface area contributed by atoms with E-state index >= 15 is 0 Å². The van der Waals surface area contributed by atoms with Gasteiger partial charge in [-0.1, -0.05) is 0 Å². The van der Waals surface area contributed by atoms with Crippen LogP contribution in [0, 0.1) is 5.92 Å². The van der Waals surface area contributed by atoms with Crippen LogP contribution in [0.25, 0.3) is 0 Å². The lowest BCUT2D eigenvalue weighted by Gasteiger charge is -2.39. The Bertz CT molecular complexity index is 188. The molecule has 1 N–H and O–H groups in total. The Morgan fingerprint density at radius 2 is 2.46 bits per heavy atom. The number of carbonyl (C=O) groups excluding carboxylic acids is 1. The summed E-state index contributed by atoms with van der Waals surface area (Å²) in [7, 11) is 3.59. The number of hydrogen-bond donors (Lipinski definition) is 1. The van der Waals surface area contributed by atoms with Crippen molar-refractivity contribution >= 4 is 6.29 Å². The highest BCUT2D eigenvalue weighted by Crippen LogP contribution is 2.28. The molecule has 0 radical (unpaired) electrons. The number of halogens is 1. The summed E-state index contributed by atoms with van der Waals surface area (Å²) in [5, 5.41) is 2.80. The standard InChI is InChI=1S/C9H17FN2O/c1-11-6-9(10)7-12(2)4-3-8(9)5-13/h5,8,11H,3-4,6-7H2,1-2H3/t8-,9+/m0/s1. The lowest BCUT2D eigenvalue weighted by molar-refractivity contribution is -0.119. The van der Waals surface area contributed by atoms with Crippen LogP contribution in [0.2, 0.25) is 0 Å². The molecule has 1 aliphatic rings. The molecule has 1 rings (SSSR count). The van der Waals surface area contributed by atoms with Gasteiger partial charge in [-0.15, -0.1) is 0 Å². The Balaban J connectivity index is 2.68. The van der Waals surface area contributed by atoms with E-state index in [1.54, 1.807) is 7.05 Å². The Hall–Kier alpha value is -0.480. The van der Waals surface area contributed by atoms with Gasteiger partial charge in [0.15, 0.2) is 0 Å². The van der Waals surface area contributed by atoms with E-state index in [9.17, 15) is 9.18 Å². The average Bonchev–Trinajstić information content (AvgIpc) is 2.04. The molecule has 0 aliphatic carbocycles. The van der Waals surface area contributed by atoms with Gasteiger partial charge in [-0.3, -0.25) is 0 Å². The highest BCUT2D eigenvalue weighted by Gasteiger charge is 2.42. The summed E-state index contributed by atoms with van der Waals surface area (Å²) in [6.07, 6.45) is 1.38. The Morgan fingerprint density at radius 1 is 1.77 bits per heavy atom. The molecule has 0 unspecified atom stereocenters. The van der Waals surface area contributed by atoms with Crippen molar-refractivity contribution in [3.8, 4) is 0 Å². The van der Waals surface area contributed by atoms with Gasteiger partial charge in [0.2, 0.25) is 0 Å². The molecule has 0 amide bonds. The summed E-state index contributed by atoms with van der Waals surface area (Å²) in [6, 6.07) is 0. The van der Waals surface area contributed by atoms with Crippen LogP contribution in [0.15, 0.2) is 0 Å². The first-order valence-corrected chi connectivity index (χ1v) is 4.60. The molecule has 1 heterocycles. The minimum atomic E-state index is -1.39. The van der Waals surface area contributed by atoms with Crippen molar-refractivity contribution in [3.05, 3.63) is 0 Å². The zero-order valence-electron chi connectivity index (χ0n) is 8.22. The third kappa shape index (κ3) is 2.25. The van der Waals surface area contributed by atoms with Crippen molar-refractivity contribution in [2.45, 2.75) is 12.1 Å². The minimum absolute atomic E-state index is 0.251. The van der Waals surface area contributed by atoms with Crippen LogP contribution in [0.4, 0.5) is 4.39 Å². The van der Waals surface area contributed by atoms with E-state index in [4.69, 9.17) is 0 Å². The van der Waals surface area contributed by atoms with Gasteiger partial charge in [0, 0.05) is 13.1 Å². The number of likely N-dealkylation sites (tertiary alicyclic amines) is 1. The molecule has 1 saturated heterocycles. The molecule has 0 aromatic carbocycles. The van der Waals surface area contributed by atoms with Gasteiger partial charge in [0.1, 0.15) is 12.0 Å². The second kappa shape index (κ2) is 4.15. The van der Waals surface area contributed by atoms with E-state index in [1.807, 2.05) is 11.9 Å². The fourth-order valence-corrected chi connectivity index (χ4v) is 1.93. The maximum atomic E-state index is 14.2. The molecule has 0 saturated carbocycles. The molecule has 0 spiro atoms. The number of hydrogen-bond acceptors (Lipinski definition) is 3. The number of nitrogens with zero attached hydrogens (tertiary/aromatic N) is 1. The lowest BCUT2D eigenvalue weighted by atomic mass is 9.84. The molecular formula is C9H17FN2O. The number of carbonyl (C=O) groups is 1. The third-order valence-electron chi connectivity index (χ3n) is 2.65. The Morgan fingerprint density at radius 3 is 3.00 bits per heavy atom. The molecular weight excluding hydrogens is 171 g/mol. The van der Waals surface area contributed by atoms with E-state index in [-0.39, 0.29) is 6.54 Å². The summed E-state index contributed by atoms with van der Waals surface area (Å²) in [6.45, 7) is 1.40. The molecule has 4 heteroatoms.